The molecule has 0 saturated heterocycles. The Balaban J connectivity index is 2.12. The number of nitrogens with zero attached hydrogens (tertiary/aromatic N) is 2. The SMILES string of the molecule is CC(C[S@+](C)[O-])NC(=O)c1cc(-c2ccc(Cl)cc2)nn(-c2cccc(F)c2)c1=O. The smallest absolute Gasteiger partial charge is 0.284 e. The Morgan fingerprint density at radius 1 is 1.27 bits per heavy atom. The van der Waals surface area contributed by atoms with Crippen LogP contribution in [0.2, 0.25) is 5.02 Å². The first-order valence-corrected chi connectivity index (χ1v) is 11.1. The average molecular weight is 448 g/mol. The molecule has 0 spiro atoms. The van der Waals surface area contributed by atoms with E-state index in [2.05, 4.69) is 10.4 Å². The maximum absolute atomic E-state index is 13.7. The van der Waals surface area contributed by atoms with Crippen molar-refractivity contribution < 1.29 is 13.7 Å². The van der Waals surface area contributed by atoms with Crippen LogP contribution < -0.4 is 10.9 Å². The van der Waals surface area contributed by atoms with E-state index in [1.54, 1.807) is 31.2 Å². The first kappa shape index (κ1) is 22.0. The molecule has 2 aromatic carbocycles. The van der Waals surface area contributed by atoms with E-state index in [0.717, 1.165) is 10.7 Å². The molecule has 30 heavy (non-hydrogen) atoms. The van der Waals surface area contributed by atoms with Gasteiger partial charge in [0.2, 0.25) is 0 Å². The van der Waals surface area contributed by atoms with E-state index in [4.69, 9.17) is 11.6 Å². The van der Waals surface area contributed by atoms with Gasteiger partial charge >= 0.3 is 0 Å². The van der Waals surface area contributed by atoms with E-state index in [-0.39, 0.29) is 17.0 Å². The van der Waals surface area contributed by atoms with Gasteiger partial charge in [-0.25, -0.2) is 4.39 Å². The van der Waals surface area contributed by atoms with E-state index >= 15 is 0 Å². The predicted octanol–water partition coefficient (Wildman–Crippen LogP) is 3.19. The van der Waals surface area contributed by atoms with Crippen molar-refractivity contribution in [3.63, 3.8) is 0 Å². The molecule has 1 unspecified atom stereocenters. The molecule has 2 atom stereocenters. The van der Waals surface area contributed by atoms with Gasteiger partial charge in [-0.15, -0.1) is 0 Å². The van der Waals surface area contributed by atoms with Crippen LogP contribution in [0.25, 0.3) is 16.9 Å². The Kier molecular flexibility index (Phi) is 6.91. The molecule has 0 fully saturated rings. The molecule has 0 saturated carbocycles. The molecule has 0 aliphatic rings. The van der Waals surface area contributed by atoms with Gasteiger partial charge in [0.15, 0.2) is 0 Å². The van der Waals surface area contributed by atoms with Crippen molar-refractivity contribution in [1.29, 1.82) is 0 Å². The van der Waals surface area contributed by atoms with Crippen molar-refractivity contribution in [2.75, 3.05) is 12.0 Å². The molecule has 3 rings (SSSR count). The van der Waals surface area contributed by atoms with Gasteiger partial charge in [-0.2, -0.15) is 9.78 Å². The van der Waals surface area contributed by atoms with Crippen LogP contribution in [0.1, 0.15) is 17.3 Å². The Bertz CT molecular complexity index is 1120. The van der Waals surface area contributed by atoms with E-state index < -0.39 is 34.5 Å². The molecular weight excluding hydrogens is 429 g/mol. The van der Waals surface area contributed by atoms with Crippen LogP contribution in [-0.4, -0.2) is 38.3 Å². The lowest BCUT2D eigenvalue weighted by molar-refractivity contribution is 0.0941. The monoisotopic (exact) mass is 447 g/mol. The largest absolute Gasteiger partial charge is 0.616 e. The minimum atomic E-state index is -1.11. The molecule has 0 aliphatic carbocycles. The molecule has 1 N–H and O–H groups in total. The van der Waals surface area contributed by atoms with Gasteiger partial charge in [0, 0.05) is 10.6 Å². The Hall–Kier alpha value is -2.68. The third-order valence-corrected chi connectivity index (χ3v) is 5.43. The molecule has 1 heterocycles. The number of hydrogen-bond donors (Lipinski definition) is 1. The van der Waals surface area contributed by atoms with Crippen LogP contribution in [0.4, 0.5) is 4.39 Å². The molecule has 1 amide bonds. The first-order valence-electron chi connectivity index (χ1n) is 9.01. The fourth-order valence-corrected chi connectivity index (χ4v) is 3.81. The van der Waals surface area contributed by atoms with Crippen molar-refractivity contribution in [1.82, 2.24) is 15.1 Å². The number of carbonyl (C=O) groups is 1. The number of aromatic nitrogens is 2. The zero-order valence-electron chi connectivity index (χ0n) is 16.3. The molecule has 3 aromatic rings. The van der Waals surface area contributed by atoms with E-state index in [9.17, 15) is 18.5 Å². The van der Waals surface area contributed by atoms with Crippen molar-refractivity contribution in [2.45, 2.75) is 13.0 Å². The second-order valence-corrected chi connectivity index (χ2v) is 8.68. The summed E-state index contributed by atoms with van der Waals surface area (Å²) in [6.07, 6.45) is 1.53. The topological polar surface area (TPSA) is 87.0 Å². The lowest BCUT2D eigenvalue weighted by Gasteiger charge is -2.15. The molecule has 9 heteroatoms. The summed E-state index contributed by atoms with van der Waals surface area (Å²) in [4.78, 5) is 25.8. The number of benzene rings is 2. The zero-order valence-corrected chi connectivity index (χ0v) is 17.8. The van der Waals surface area contributed by atoms with Gasteiger partial charge in [0.05, 0.1) is 23.7 Å². The van der Waals surface area contributed by atoms with Crippen molar-refractivity contribution in [3.8, 4) is 16.9 Å². The maximum atomic E-state index is 13.7. The van der Waals surface area contributed by atoms with Gasteiger partial charge in [0.25, 0.3) is 11.5 Å². The maximum Gasteiger partial charge on any atom is 0.284 e. The molecule has 0 bridgehead atoms. The van der Waals surface area contributed by atoms with Crippen LogP contribution in [0.15, 0.2) is 59.4 Å². The van der Waals surface area contributed by atoms with Gasteiger partial charge in [0.1, 0.15) is 17.1 Å². The Morgan fingerprint density at radius 3 is 2.60 bits per heavy atom. The summed E-state index contributed by atoms with van der Waals surface area (Å²) < 4.78 is 26.1. The third kappa shape index (κ3) is 5.27. The van der Waals surface area contributed by atoms with Gasteiger partial charge in [-0.3, -0.25) is 9.59 Å². The molecule has 1 aromatic heterocycles. The quantitative estimate of drug-likeness (QED) is 0.588. The summed E-state index contributed by atoms with van der Waals surface area (Å²) in [6, 6.07) is 13.1. The number of rotatable bonds is 6. The Labute approximate surface area is 180 Å². The van der Waals surface area contributed by atoms with Crippen LogP contribution in [0.5, 0.6) is 0 Å². The fraction of sp³-hybridized carbons (Fsp3) is 0.190. The molecular formula is C21H19ClFN3O3S. The number of hydrogen-bond acceptors (Lipinski definition) is 4. The van der Waals surface area contributed by atoms with Crippen LogP contribution >= 0.6 is 11.6 Å². The predicted molar refractivity (Wildman–Crippen MR) is 116 cm³/mol. The van der Waals surface area contributed by atoms with E-state index in [1.165, 1.54) is 30.5 Å². The highest BCUT2D eigenvalue weighted by Gasteiger charge is 2.20. The van der Waals surface area contributed by atoms with Gasteiger partial charge in [-0.1, -0.05) is 41.0 Å². The molecule has 6 nitrogen and oxygen atoms in total. The molecule has 156 valence electrons. The van der Waals surface area contributed by atoms with Gasteiger partial charge < -0.3 is 9.87 Å². The highest BCUT2D eigenvalue weighted by Crippen LogP contribution is 2.20. The highest BCUT2D eigenvalue weighted by atomic mass is 35.5. The summed E-state index contributed by atoms with van der Waals surface area (Å²) in [5, 5.41) is 7.52. The van der Waals surface area contributed by atoms with E-state index in [0.29, 0.717) is 16.3 Å². The summed E-state index contributed by atoms with van der Waals surface area (Å²) in [6.45, 7) is 1.70. The van der Waals surface area contributed by atoms with Crippen LogP contribution in [0.3, 0.4) is 0 Å². The summed E-state index contributed by atoms with van der Waals surface area (Å²) in [5.74, 6) is -0.914. The summed E-state index contributed by atoms with van der Waals surface area (Å²) in [7, 11) is 0. The summed E-state index contributed by atoms with van der Waals surface area (Å²) in [5.41, 5.74) is 0.301. The average Bonchev–Trinajstić information content (AvgIpc) is 2.68. The lowest BCUT2D eigenvalue weighted by Crippen LogP contribution is -2.41. The standard InChI is InChI=1S/C21H19ClFN3O3S/c1-13(12-30(2)29)24-20(27)18-11-19(14-6-8-15(22)9-7-14)25-26(21(18)28)17-5-3-4-16(23)10-17/h3-11,13H,12H2,1-2H3,(H,24,27)/t13?,30-/m0/s1. The number of amides is 1. The summed E-state index contributed by atoms with van der Waals surface area (Å²) >= 11 is 4.83. The highest BCUT2D eigenvalue weighted by molar-refractivity contribution is 7.90. The second kappa shape index (κ2) is 9.42. The minimum Gasteiger partial charge on any atom is -0.616 e. The number of halogens is 2. The lowest BCUT2D eigenvalue weighted by atomic mass is 10.1. The zero-order chi connectivity index (χ0) is 21.8. The normalized spacial score (nSPS) is 13.0. The van der Waals surface area contributed by atoms with Crippen LogP contribution in [0, 0.1) is 5.82 Å². The molecule has 0 aliphatic heterocycles. The number of nitrogens with one attached hydrogen (secondary N) is 1. The third-order valence-electron chi connectivity index (χ3n) is 4.21. The van der Waals surface area contributed by atoms with Crippen molar-refractivity contribution in [3.05, 3.63) is 81.4 Å². The fourth-order valence-electron chi connectivity index (χ4n) is 2.90. The van der Waals surface area contributed by atoms with E-state index in [1.807, 2.05) is 0 Å². The van der Waals surface area contributed by atoms with Crippen LogP contribution in [-0.2, 0) is 11.2 Å². The minimum absolute atomic E-state index is 0.159. The van der Waals surface area contributed by atoms with Crippen molar-refractivity contribution >= 4 is 28.7 Å². The Morgan fingerprint density at radius 2 is 1.97 bits per heavy atom. The van der Waals surface area contributed by atoms with Gasteiger partial charge in [-0.05, 0) is 43.3 Å². The second-order valence-electron chi connectivity index (χ2n) is 6.76. The molecule has 0 radical (unpaired) electrons. The van der Waals surface area contributed by atoms with Crippen molar-refractivity contribution in [2.24, 2.45) is 0 Å². The first-order chi connectivity index (χ1) is 14.2. The number of carbonyl (C=O) groups excluding carboxylic acids is 1.